The van der Waals surface area contributed by atoms with Crippen LogP contribution in [0.2, 0.25) is 0 Å². The van der Waals surface area contributed by atoms with Gasteiger partial charge in [0.1, 0.15) is 11.9 Å². The number of likely N-dealkylation sites (tertiary alicyclic amines) is 1. The minimum Gasteiger partial charge on any atom is -0.488 e. The number of amides is 1. The first-order valence-corrected chi connectivity index (χ1v) is 11.2. The molecule has 0 N–H and O–H groups in total. The van der Waals surface area contributed by atoms with Gasteiger partial charge < -0.3 is 9.64 Å². The number of aromatic nitrogens is 2. The first-order valence-electron chi connectivity index (χ1n) is 10.4. The largest absolute Gasteiger partial charge is 0.488 e. The molecule has 1 unspecified atom stereocenters. The molecule has 3 aromatic rings. The number of hydrogen-bond acceptors (Lipinski definition) is 5. The van der Waals surface area contributed by atoms with Crippen LogP contribution < -0.4 is 4.74 Å². The molecule has 5 rings (SSSR count). The first-order chi connectivity index (χ1) is 14.2. The fraction of sp³-hybridized carbons (Fsp3) is 0.455. The van der Waals surface area contributed by atoms with Crippen molar-refractivity contribution >= 4 is 22.2 Å². The van der Waals surface area contributed by atoms with Crippen molar-refractivity contribution in [3.05, 3.63) is 52.8 Å². The molecular formula is C22H26N4O2S. The number of fused-ring (bicyclic) bond motifs is 2. The monoisotopic (exact) mass is 410 g/mol. The van der Waals surface area contributed by atoms with Crippen LogP contribution in [0, 0.1) is 0 Å². The average Bonchev–Trinajstić information content (AvgIpc) is 3.43. The van der Waals surface area contributed by atoms with Crippen LogP contribution in [-0.4, -0.2) is 57.9 Å². The van der Waals surface area contributed by atoms with E-state index in [1.54, 1.807) is 11.3 Å². The van der Waals surface area contributed by atoms with Crippen LogP contribution in [0.15, 0.2) is 35.8 Å². The first kappa shape index (κ1) is 18.6. The Labute approximate surface area is 174 Å². The summed E-state index contributed by atoms with van der Waals surface area (Å²) >= 11 is 1.58. The van der Waals surface area contributed by atoms with E-state index < -0.39 is 0 Å². The number of rotatable bonds is 5. The number of para-hydroxylation sites is 1. The molecule has 2 aromatic heterocycles. The van der Waals surface area contributed by atoms with Gasteiger partial charge in [0, 0.05) is 44.2 Å². The van der Waals surface area contributed by atoms with Crippen molar-refractivity contribution in [2.75, 3.05) is 26.7 Å². The van der Waals surface area contributed by atoms with Crippen molar-refractivity contribution in [2.45, 2.75) is 38.3 Å². The van der Waals surface area contributed by atoms with Crippen molar-refractivity contribution < 1.29 is 9.53 Å². The normalized spacial score (nSPS) is 19.0. The molecule has 1 fully saturated rings. The minimum absolute atomic E-state index is 0.0773. The number of piperidine rings is 1. The maximum Gasteiger partial charge on any atom is 0.274 e. The fourth-order valence-electron chi connectivity index (χ4n) is 4.43. The van der Waals surface area contributed by atoms with Gasteiger partial charge in [0.15, 0.2) is 10.7 Å². The highest BCUT2D eigenvalue weighted by Gasteiger charge is 2.28. The number of carbonyl (C=O) groups excluding carboxylic acids is 1. The Morgan fingerprint density at radius 3 is 2.93 bits per heavy atom. The van der Waals surface area contributed by atoms with E-state index in [1.807, 2.05) is 28.6 Å². The van der Waals surface area contributed by atoms with Crippen LogP contribution in [0.5, 0.6) is 5.75 Å². The van der Waals surface area contributed by atoms with Gasteiger partial charge in [-0.05, 0) is 37.9 Å². The summed E-state index contributed by atoms with van der Waals surface area (Å²) in [5, 5.41) is 2.03. The van der Waals surface area contributed by atoms with E-state index in [9.17, 15) is 4.79 Å². The van der Waals surface area contributed by atoms with Gasteiger partial charge in [0.05, 0.1) is 5.69 Å². The van der Waals surface area contributed by atoms with Gasteiger partial charge in [-0.2, -0.15) is 0 Å². The van der Waals surface area contributed by atoms with Crippen molar-refractivity contribution in [2.24, 2.45) is 0 Å². The molecule has 0 spiro atoms. The van der Waals surface area contributed by atoms with E-state index in [2.05, 4.69) is 28.5 Å². The smallest absolute Gasteiger partial charge is 0.274 e. The third-order valence-corrected chi connectivity index (χ3v) is 6.61. The molecule has 0 saturated carbocycles. The van der Waals surface area contributed by atoms with Crippen molar-refractivity contribution in [3.8, 4) is 5.75 Å². The zero-order valence-electron chi connectivity index (χ0n) is 16.7. The van der Waals surface area contributed by atoms with Gasteiger partial charge >= 0.3 is 0 Å². The third kappa shape index (κ3) is 3.65. The quantitative estimate of drug-likeness (QED) is 0.646. The average molecular weight is 411 g/mol. The molecule has 1 amide bonds. The summed E-state index contributed by atoms with van der Waals surface area (Å²) in [7, 11) is 2.09. The Morgan fingerprint density at radius 1 is 1.28 bits per heavy atom. The number of nitrogens with zero attached hydrogens (tertiary/aromatic N) is 4. The van der Waals surface area contributed by atoms with Crippen LogP contribution in [0.1, 0.15) is 41.0 Å². The molecular weight excluding hydrogens is 384 g/mol. The van der Waals surface area contributed by atoms with Gasteiger partial charge in [-0.15, -0.1) is 11.3 Å². The van der Waals surface area contributed by atoms with Gasteiger partial charge in [-0.1, -0.05) is 18.2 Å². The Hall–Kier alpha value is -2.38. The second kappa shape index (κ2) is 7.80. The summed E-state index contributed by atoms with van der Waals surface area (Å²) < 4.78 is 8.18. The number of benzene rings is 1. The maximum absolute atomic E-state index is 13.2. The number of hydrogen-bond donors (Lipinski definition) is 0. The Kier molecular flexibility index (Phi) is 5.01. The lowest BCUT2D eigenvalue weighted by molar-refractivity contribution is 0.0716. The predicted molar refractivity (Wildman–Crippen MR) is 114 cm³/mol. The highest BCUT2D eigenvalue weighted by atomic mass is 32.1. The van der Waals surface area contributed by atoms with Crippen molar-refractivity contribution in [1.29, 1.82) is 0 Å². The predicted octanol–water partition coefficient (Wildman–Crippen LogP) is 3.46. The Bertz CT molecular complexity index is 996. The molecule has 0 aliphatic carbocycles. The Morgan fingerprint density at radius 2 is 2.10 bits per heavy atom. The molecule has 0 radical (unpaired) electrons. The van der Waals surface area contributed by atoms with E-state index in [0.29, 0.717) is 12.2 Å². The zero-order chi connectivity index (χ0) is 19.8. The molecule has 7 heteroatoms. The summed E-state index contributed by atoms with van der Waals surface area (Å²) in [6.45, 7) is 3.16. The maximum atomic E-state index is 13.2. The van der Waals surface area contributed by atoms with Gasteiger partial charge in [-0.3, -0.25) is 14.1 Å². The summed E-state index contributed by atoms with van der Waals surface area (Å²) in [4.78, 5) is 23.0. The van der Waals surface area contributed by atoms with E-state index in [0.717, 1.165) is 55.3 Å². The lowest BCUT2D eigenvalue weighted by Crippen LogP contribution is -2.37. The van der Waals surface area contributed by atoms with Crippen LogP contribution in [0.3, 0.4) is 0 Å². The zero-order valence-corrected chi connectivity index (χ0v) is 17.5. The highest BCUT2D eigenvalue weighted by Crippen LogP contribution is 2.29. The van der Waals surface area contributed by atoms with E-state index in [1.165, 1.54) is 12.0 Å². The summed E-state index contributed by atoms with van der Waals surface area (Å²) in [6, 6.07) is 8.25. The number of ether oxygens (including phenoxy) is 1. The van der Waals surface area contributed by atoms with Gasteiger partial charge in [-0.25, -0.2) is 4.98 Å². The summed E-state index contributed by atoms with van der Waals surface area (Å²) in [5.41, 5.74) is 2.87. The molecule has 2 aliphatic rings. The molecule has 29 heavy (non-hydrogen) atoms. The molecule has 4 heterocycles. The molecule has 0 bridgehead atoms. The molecule has 2 aliphatic heterocycles. The fourth-order valence-corrected chi connectivity index (χ4v) is 5.16. The molecule has 1 atom stereocenters. The second-order valence-electron chi connectivity index (χ2n) is 8.06. The van der Waals surface area contributed by atoms with Crippen LogP contribution in [0.25, 0.3) is 4.96 Å². The van der Waals surface area contributed by atoms with Crippen molar-refractivity contribution in [1.82, 2.24) is 19.2 Å². The number of thiazole rings is 1. The molecule has 1 saturated heterocycles. The number of likely N-dealkylation sites (N-methyl/N-ethyl adjacent to an activating group) is 1. The lowest BCUT2D eigenvalue weighted by atomic mass is 10.1. The third-order valence-electron chi connectivity index (χ3n) is 5.86. The molecule has 152 valence electrons. The van der Waals surface area contributed by atoms with E-state index in [-0.39, 0.29) is 12.0 Å². The standard InChI is InChI=1S/C22H26N4O2S/c1-24(14-17-13-16-7-3-4-8-19(16)28-17)15-18-20(23-22-26(18)11-12-29-22)21(27)25-9-5-2-6-10-25/h3-4,7-8,11-12,17H,2,5-6,9-10,13-15H2,1H3. The summed E-state index contributed by atoms with van der Waals surface area (Å²) in [5.74, 6) is 1.07. The van der Waals surface area contributed by atoms with Crippen LogP contribution in [0.4, 0.5) is 0 Å². The van der Waals surface area contributed by atoms with Gasteiger partial charge in [0.2, 0.25) is 0 Å². The number of imidazole rings is 1. The lowest BCUT2D eigenvalue weighted by Gasteiger charge is -2.27. The topological polar surface area (TPSA) is 50.1 Å². The summed E-state index contributed by atoms with van der Waals surface area (Å²) in [6.07, 6.45) is 6.47. The number of carbonyl (C=O) groups is 1. The van der Waals surface area contributed by atoms with Crippen molar-refractivity contribution in [3.63, 3.8) is 0 Å². The van der Waals surface area contributed by atoms with E-state index in [4.69, 9.17) is 9.72 Å². The van der Waals surface area contributed by atoms with E-state index >= 15 is 0 Å². The van der Waals surface area contributed by atoms with Crippen LogP contribution >= 0.6 is 11.3 Å². The molecule has 6 nitrogen and oxygen atoms in total. The van der Waals surface area contributed by atoms with Gasteiger partial charge in [0.25, 0.3) is 5.91 Å². The SMILES string of the molecule is CN(Cc1c(C(=O)N2CCCCC2)nc2sccn12)CC1Cc2ccccc2O1. The van der Waals surface area contributed by atoms with Crippen LogP contribution in [-0.2, 0) is 13.0 Å². The highest BCUT2D eigenvalue weighted by molar-refractivity contribution is 7.15. The minimum atomic E-state index is 0.0773. The second-order valence-corrected chi connectivity index (χ2v) is 8.94. The molecule has 1 aromatic carbocycles. The Balaban J connectivity index is 1.33.